The first-order valence-corrected chi connectivity index (χ1v) is 9.23. The Balaban J connectivity index is 1.78. The van der Waals surface area contributed by atoms with Crippen LogP contribution in [0.1, 0.15) is 33.6 Å². The Morgan fingerprint density at radius 2 is 2.00 bits per heavy atom. The average Bonchev–Trinajstić information content (AvgIpc) is 3.25. The third kappa shape index (κ3) is 5.86. The van der Waals surface area contributed by atoms with Gasteiger partial charge in [0.25, 0.3) is 5.91 Å². The van der Waals surface area contributed by atoms with Gasteiger partial charge in [0.05, 0.1) is 25.3 Å². The molecule has 1 aliphatic rings. The number of halogens is 1. The van der Waals surface area contributed by atoms with Crippen LogP contribution < -0.4 is 10.6 Å². The van der Waals surface area contributed by atoms with Crippen molar-refractivity contribution in [2.75, 3.05) is 25.6 Å². The van der Waals surface area contributed by atoms with Crippen molar-refractivity contribution in [2.24, 2.45) is 4.99 Å². The first-order valence-electron chi connectivity index (χ1n) is 9.23. The maximum atomic E-state index is 13.4. The molecule has 2 N–H and O–H groups in total. The Bertz CT molecular complexity index is 910. The van der Waals surface area contributed by atoms with Gasteiger partial charge in [0.1, 0.15) is 5.82 Å². The first-order chi connectivity index (χ1) is 14.0. The minimum atomic E-state index is -0.507. The monoisotopic (exact) mass is 399 g/mol. The van der Waals surface area contributed by atoms with Gasteiger partial charge in [-0.15, -0.1) is 0 Å². The summed E-state index contributed by atoms with van der Waals surface area (Å²) in [7, 11) is 1.30. The van der Waals surface area contributed by atoms with Crippen molar-refractivity contribution in [1.29, 1.82) is 0 Å². The second-order valence-corrected chi connectivity index (χ2v) is 6.49. The molecule has 2 aromatic carbocycles. The van der Waals surface area contributed by atoms with E-state index in [1.807, 2.05) is 0 Å². The molecule has 1 atom stereocenters. The molecule has 8 heteroatoms. The van der Waals surface area contributed by atoms with Gasteiger partial charge in [-0.1, -0.05) is 12.1 Å². The summed E-state index contributed by atoms with van der Waals surface area (Å²) in [6.07, 6.45) is 1.85. The molecule has 7 nitrogen and oxygen atoms in total. The number of carbonyl (C=O) groups is 2. The predicted octanol–water partition coefficient (Wildman–Crippen LogP) is 2.99. The molecule has 0 spiro atoms. The number of methoxy groups -OCH3 is 1. The number of amides is 1. The van der Waals surface area contributed by atoms with Gasteiger partial charge in [-0.2, -0.15) is 0 Å². The molecule has 2 aromatic rings. The zero-order valence-corrected chi connectivity index (χ0v) is 16.0. The second-order valence-electron chi connectivity index (χ2n) is 6.49. The van der Waals surface area contributed by atoms with E-state index in [2.05, 4.69) is 15.6 Å². The molecule has 0 aliphatic carbocycles. The van der Waals surface area contributed by atoms with Crippen LogP contribution in [-0.2, 0) is 9.47 Å². The highest BCUT2D eigenvalue weighted by atomic mass is 19.1. The van der Waals surface area contributed by atoms with E-state index in [1.54, 1.807) is 24.3 Å². The first kappa shape index (κ1) is 20.5. The third-order valence-electron chi connectivity index (χ3n) is 4.34. The van der Waals surface area contributed by atoms with Crippen LogP contribution in [0.2, 0.25) is 0 Å². The Labute approximate surface area is 167 Å². The van der Waals surface area contributed by atoms with Crippen LogP contribution in [0.3, 0.4) is 0 Å². The number of carbonyl (C=O) groups excluding carboxylic acids is 2. The molecule has 1 saturated heterocycles. The Morgan fingerprint density at radius 1 is 1.21 bits per heavy atom. The zero-order chi connectivity index (χ0) is 20.6. The largest absolute Gasteiger partial charge is 0.465 e. The summed E-state index contributed by atoms with van der Waals surface area (Å²) < 4.78 is 23.7. The van der Waals surface area contributed by atoms with E-state index in [1.165, 1.54) is 25.3 Å². The number of aliphatic imine (C=N–C) groups is 1. The van der Waals surface area contributed by atoms with Crippen molar-refractivity contribution >= 4 is 23.5 Å². The van der Waals surface area contributed by atoms with Crippen LogP contribution in [0.4, 0.5) is 10.1 Å². The van der Waals surface area contributed by atoms with Crippen LogP contribution >= 0.6 is 0 Å². The molecule has 152 valence electrons. The molecule has 0 radical (unpaired) electrons. The number of ether oxygens (including phenoxy) is 2. The number of nitrogens with one attached hydrogen (secondary N) is 2. The van der Waals surface area contributed by atoms with E-state index in [0.717, 1.165) is 18.9 Å². The molecular weight excluding hydrogens is 377 g/mol. The summed E-state index contributed by atoms with van der Waals surface area (Å²) in [5.74, 6) is -1.31. The SMILES string of the molecule is COC(=O)c1cccc(NC(=NC[C@@H]2CCCO2)NC(=O)c2cccc(F)c2)c1. The lowest BCUT2D eigenvalue weighted by Gasteiger charge is -2.14. The van der Waals surface area contributed by atoms with Gasteiger partial charge in [0.15, 0.2) is 0 Å². The lowest BCUT2D eigenvalue weighted by Crippen LogP contribution is -2.36. The van der Waals surface area contributed by atoms with Gasteiger partial charge in [-0.05, 0) is 49.2 Å². The van der Waals surface area contributed by atoms with Crippen LogP contribution in [0, 0.1) is 5.82 Å². The molecule has 1 fully saturated rings. The van der Waals surface area contributed by atoms with E-state index in [0.29, 0.717) is 24.4 Å². The lowest BCUT2D eigenvalue weighted by atomic mass is 10.2. The molecule has 1 heterocycles. The number of anilines is 1. The van der Waals surface area contributed by atoms with Crippen molar-refractivity contribution in [3.05, 3.63) is 65.5 Å². The average molecular weight is 399 g/mol. The molecular formula is C21H22FN3O4. The van der Waals surface area contributed by atoms with Crippen LogP contribution in [-0.4, -0.2) is 44.2 Å². The lowest BCUT2D eigenvalue weighted by molar-refractivity contribution is 0.0600. The van der Waals surface area contributed by atoms with E-state index in [-0.39, 0.29) is 17.6 Å². The fourth-order valence-corrected chi connectivity index (χ4v) is 2.88. The molecule has 1 amide bonds. The van der Waals surface area contributed by atoms with Crippen molar-refractivity contribution in [3.8, 4) is 0 Å². The predicted molar refractivity (Wildman–Crippen MR) is 107 cm³/mol. The molecule has 1 aliphatic heterocycles. The number of nitrogens with zero attached hydrogens (tertiary/aromatic N) is 1. The topological polar surface area (TPSA) is 89.0 Å². The van der Waals surface area contributed by atoms with Gasteiger partial charge in [-0.3, -0.25) is 10.1 Å². The molecule has 3 rings (SSSR count). The van der Waals surface area contributed by atoms with Crippen molar-refractivity contribution in [3.63, 3.8) is 0 Å². The van der Waals surface area contributed by atoms with Gasteiger partial charge in [-0.25, -0.2) is 14.2 Å². The standard InChI is InChI=1S/C21H22FN3O4/c1-28-20(27)15-6-3-8-17(12-15)24-21(23-13-18-9-4-10-29-18)25-19(26)14-5-2-7-16(22)11-14/h2-3,5-8,11-12,18H,4,9-10,13H2,1H3,(H2,23,24,25,26)/t18-/m0/s1. The fraction of sp³-hybridized carbons (Fsp3) is 0.286. The molecule has 0 aromatic heterocycles. The van der Waals surface area contributed by atoms with Gasteiger partial charge in [0, 0.05) is 17.9 Å². The second kappa shape index (κ2) is 9.79. The van der Waals surface area contributed by atoms with Gasteiger partial charge in [0.2, 0.25) is 5.96 Å². The summed E-state index contributed by atoms with van der Waals surface area (Å²) in [5.41, 5.74) is 1.06. The van der Waals surface area contributed by atoms with E-state index >= 15 is 0 Å². The molecule has 0 saturated carbocycles. The highest BCUT2D eigenvalue weighted by Gasteiger charge is 2.16. The van der Waals surface area contributed by atoms with E-state index in [4.69, 9.17) is 9.47 Å². The highest BCUT2D eigenvalue weighted by molar-refractivity contribution is 6.10. The number of guanidine groups is 1. The van der Waals surface area contributed by atoms with Crippen molar-refractivity contribution in [2.45, 2.75) is 18.9 Å². The van der Waals surface area contributed by atoms with Crippen molar-refractivity contribution < 1.29 is 23.5 Å². The maximum Gasteiger partial charge on any atom is 0.337 e. The number of rotatable bonds is 5. The summed E-state index contributed by atoms with van der Waals surface area (Å²) in [6, 6.07) is 12.0. The summed E-state index contributed by atoms with van der Waals surface area (Å²) in [5, 5.41) is 5.66. The minimum Gasteiger partial charge on any atom is -0.465 e. The molecule has 0 unspecified atom stereocenters. The third-order valence-corrected chi connectivity index (χ3v) is 4.34. The van der Waals surface area contributed by atoms with Crippen LogP contribution in [0.25, 0.3) is 0 Å². The van der Waals surface area contributed by atoms with Gasteiger partial charge >= 0.3 is 5.97 Å². The van der Waals surface area contributed by atoms with Crippen LogP contribution in [0.15, 0.2) is 53.5 Å². The Morgan fingerprint density at radius 3 is 2.72 bits per heavy atom. The summed E-state index contributed by atoms with van der Waals surface area (Å²) in [6.45, 7) is 1.06. The molecule has 29 heavy (non-hydrogen) atoms. The highest BCUT2D eigenvalue weighted by Crippen LogP contribution is 2.14. The van der Waals surface area contributed by atoms with E-state index in [9.17, 15) is 14.0 Å². The summed E-state index contributed by atoms with van der Waals surface area (Å²) >= 11 is 0. The fourth-order valence-electron chi connectivity index (χ4n) is 2.88. The quantitative estimate of drug-likeness (QED) is 0.458. The van der Waals surface area contributed by atoms with Crippen LogP contribution in [0.5, 0.6) is 0 Å². The van der Waals surface area contributed by atoms with E-state index < -0.39 is 17.7 Å². The maximum absolute atomic E-state index is 13.4. The Kier molecular flexibility index (Phi) is 6.91. The normalized spacial score (nSPS) is 16.3. The number of esters is 1. The minimum absolute atomic E-state index is 0.0146. The number of benzene rings is 2. The number of hydrogen-bond acceptors (Lipinski definition) is 5. The smallest absolute Gasteiger partial charge is 0.337 e. The van der Waals surface area contributed by atoms with Gasteiger partial charge < -0.3 is 14.8 Å². The number of hydrogen-bond donors (Lipinski definition) is 2. The molecule has 0 bridgehead atoms. The van der Waals surface area contributed by atoms with Crippen molar-refractivity contribution in [1.82, 2.24) is 5.32 Å². The summed E-state index contributed by atoms with van der Waals surface area (Å²) in [4.78, 5) is 28.7. The zero-order valence-electron chi connectivity index (χ0n) is 16.0. The Hall–Kier alpha value is -3.26.